The summed E-state index contributed by atoms with van der Waals surface area (Å²) in [4.78, 5) is 2.48. The maximum Gasteiger partial charge on any atom is 0.0409 e. The second kappa shape index (κ2) is 5.15. The van der Waals surface area contributed by atoms with E-state index in [4.69, 9.17) is 11.6 Å². The van der Waals surface area contributed by atoms with Gasteiger partial charge in [-0.25, -0.2) is 0 Å². The van der Waals surface area contributed by atoms with E-state index in [1.165, 1.54) is 36.2 Å². The van der Waals surface area contributed by atoms with Gasteiger partial charge in [0.15, 0.2) is 0 Å². The van der Waals surface area contributed by atoms with Gasteiger partial charge in [-0.05, 0) is 54.1 Å². The molecule has 2 aromatic rings. The van der Waals surface area contributed by atoms with Crippen LogP contribution in [0.15, 0.2) is 48.5 Å². The minimum absolute atomic E-state index is 0.489. The molecule has 3 unspecified atom stereocenters. The Morgan fingerprint density at radius 2 is 1.86 bits per heavy atom. The smallest absolute Gasteiger partial charge is 0.0409 e. The van der Waals surface area contributed by atoms with Crippen LogP contribution in [0.25, 0.3) is 0 Å². The molecule has 1 nitrogen and oxygen atoms in total. The highest BCUT2D eigenvalue weighted by atomic mass is 35.5. The lowest BCUT2D eigenvalue weighted by molar-refractivity contribution is 0.351. The van der Waals surface area contributed by atoms with Crippen LogP contribution in [0.2, 0.25) is 5.02 Å². The summed E-state index contributed by atoms with van der Waals surface area (Å²) in [6.45, 7) is 2.41. The van der Waals surface area contributed by atoms with E-state index in [1.807, 2.05) is 6.07 Å². The van der Waals surface area contributed by atoms with Crippen molar-refractivity contribution in [3.63, 3.8) is 0 Å². The SMILES string of the molecule is CN1CC2Cc3ccc(Cl)cc3C(c3ccccc3)C2C1. The predicted molar refractivity (Wildman–Crippen MR) is 87.9 cm³/mol. The van der Waals surface area contributed by atoms with Gasteiger partial charge in [0.2, 0.25) is 0 Å². The number of benzene rings is 2. The fourth-order valence-electron chi connectivity index (χ4n) is 4.35. The van der Waals surface area contributed by atoms with E-state index in [9.17, 15) is 0 Å². The van der Waals surface area contributed by atoms with Crippen molar-refractivity contribution in [3.8, 4) is 0 Å². The van der Waals surface area contributed by atoms with E-state index in [2.05, 4.69) is 54.4 Å². The number of hydrogen-bond acceptors (Lipinski definition) is 1. The van der Waals surface area contributed by atoms with Crippen molar-refractivity contribution in [1.82, 2.24) is 4.90 Å². The molecule has 1 aliphatic heterocycles. The highest BCUT2D eigenvalue weighted by Gasteiger charge is 2.42. The molecule has 2 aromatic carbocycles. The lowest BCUT2D eigenvalue weighted by Gasteiger charge is -2.35. The van der Waals surface area contributed by atoms with Gasteiger partial charge in [0.05, 0.1) is 0 Å². The van der Waals surface area contributed by atoms with Crippen molar-refractivity contribution >= 4 is 11.6 Å². The Balaban J connectivity index is 1.86. The molecule has 2 heteroatoms. The molecule has 108 valence electrons. The summed E-state index contributed by atoms with van der Waals surface area (Å²) in [6.07, 6.45) is 1.20. The molecule has 0 saturated carbocycles. The summed E-state index contributed by atoms with van der Waals surface area (Å²) in [5.41, 5.74) is 4.38. The van der Waals surface area contributed by atoms with Crippen molar-refractivity contribution in [3.05, 3.63) is 70.2 Å². The Morgan fingerprint density at radius 3 is 2.67 bits per heavy atom. The molecule has 3 atom stereocenters. The maximum atomic E-state index is 6.29. The molecule has 1 heterocycles. The zero-order valence-corrected chi connectivity index (χ0v) is 13.1. The summed E-state index contributed by atoms with van der Waals surface area (Å²) >= 11 is 6.29. The Kier molecular flexibility index (Phi) is 3.28. The van der Waals surface area contributed by atoms with Crippen LogP contribution in [0.5, 0.6) is 0 Å². The van der Waals surface area contributed by atoms with Gasteiger partial charge in [-0.2, -0.15) is 0 Å². The number of hydrogen-bond donors (Lipinski definition) is 0. The summed E-state index contributed by atoms with van der Waals surface area (Å²) < 4.78 is 0. The van der Waals surface area contributed by atoms with Crippen LogP contribution in [-0.4, -0.2) is 25.0 Å². The third-order valence-corrected chi connectivity index (χ3v) is 5.42. The van der Waals surface area contributed by atoms with Gasteiger partial charge in [-0.1, -0.05) is 48.0 Å². The van der Waals surface area contributed by atoms with E-state index >= 15 is 0 Å². The molecular formula is C19H20ClN. The number of halogens is 1. The standard InChI is InChI=1S/C19H20ClN/c1-21-11-15-9-14-7-8-16(20)10-17(14)19(18(15)12-21)13-5-3-2-4-6-13/h2-8,10,15,18-19H,9,11-12H2,1H3. The molecule has 0 spiro atoms. The highest BCUT2D eigenvalue weighted by Crippen LogP contribution is 2.47. The molecule has 1 fully saturated rings. The van der Waals surface area contributed by atoms with Crippen molar-refractivity contribution in [1.29, 1.82) is 0 Å². The maximum absolute atomic E-state index is 6.29. The van der Waals surface area contributed by atoms with Gasteiger partial charge in [0, 0.05) is 24.0 Å². The first kappa shape index (κ1) is 13.4. The van der Waals surface area contributed by atoms with Crippen LogP contribution >= 0.6 is 11.6 Å². The van der Waals surface area contributed by atoms with Gasteiger partial charge >= 0.3 is 0 Å². The van der Waals surface area contributed by atoms with Crippen LogP contribution in [0.3, 0.4) is 0 Å². The van der Waals surface area contributed by atoms with Crippen LogP contribution in [0.4, 0.5) is 0 Å². The first-order valence-corrected chi connectivity index (χ1v) is 8.12. The normalized spacial score (nSPS) is 28.2. The molecule has 1 saturated heterocycles. The molecule has 0 bridgehead atoms. The molecule has 21 heavy (non-hydrogen) atoms. The summed E-state index contributed by atoms with van der Waals surface area (Å²) in [5, 5.41) is 0.861. The van der Waals surface area contributed by atoms with Crippen molar-refractivity contribution in [2.24, 2.45) is 11.8 Å². The average molecular weight is 298 g/mol. The molecule has 0 N–H and O–H groups in total. The minimum Gasteiger partial charge on any atom is -0.306 e. The lowest BCUT2D eigenvalue weighted by atomic mass is 9.68. The monoisotopic (exact) mass is 297 g/mol. The third kappa shape index (κ3) is 2.29. The molecular weight excluding hydrogens is 278 g/mol. The second-order valence-corrected chi connectivity index (χ2v) is 7.02. The van der Waals surface area contributed by atoms with E-state index in [1.54, 1.807) is 0 Å². The third-order valence-electron chi connectivity index (χ3n) is 5.19. The quantitative estimate of drug-likeness (QED) is 0.762. The van der Waals surface area contributed by atoms with E-state index < -0.39 is 0 Å². The number of nitrogens with zero attached hydrogens (tertiary/aromatic N) is 1. The van der Waals surface area contributed by atoms with E-state index in [0.717, 1.165) is 10.9 Å². The van der Waals surface area contributed by atoms with Crippen molar-refractivity contribution in [2.45, 2.75) is 12.3 Å². The van der Waals surface area contributed by atoms with Crippen molar-refractivity contribution in [2.75, 3.05) is 20.1 Å². The number of rotatable bonds is 1. The molecule has 0 amide bonds. The Labute approximate surface area is 131 Å². The zero-order valence-electron chi connectivity index (χ0n) is 12.3. The fourth-order valence-corrected chi connectivity index (χ4v) is 4.53. The van der Waals surface area contributed by atoms with Gasteiger partial charge in [0.25, 0.3) is 0 Å². The predicted octanol–water partition coefficient (Wildman–Crippen LogP) is 4.21. The van der Waals surface area contributed by atoms with Gasteiger partial charge < -0.3 is 4.90 Å². The summed E-state index contributed by atoms with van der Waals surface area (Å²) in [5.74, 6) is 1.97. The highest BCUT2D eigenvalue weighted by molar-refractivity contribution is 6.30. The van der Waals surface area contributed by atoms with Crippen molar-refractivity contribution < 1.29 is 0 Å². The topological polar surface area (TPSA) is 3.24 Å². The zero-order chi connectivity index (χ0) is 14.4. The second-order valence-electron chi connectivity index (χ2n) is 6.58. The number of likely N-dealkylation sites (tertiary alicyclic amines) is 1. The Bertz CT molecular complexity index is 652. The van der Waals surface area contributed by atoms with Crippen LogP contribution in [0, 0.1) is 11.8 Å². The molecule has 1 aliphatic carbocycles. The molecule has 0 radical (unpaired) electrons. The molecule has 4 rings (SSSR count). The first-order valence-electron chi connectivity index (χ1n) is 7.74. The van der Waals surface area contributed by atoms with Crippen LogP contribution in [0.1, 0.15) is 22.6 Å². The Morgan fingerprint density at radius 1 is 1.05 bits per heavy atom. The average Bonchev–Trinajstić information content (AvgIpc) is 2.85. The van der Waals surface area contributed by atoms with Gasteiger partial charge in [-0.3, -0.25) is 0 Å². The fraction of sp³-hybridized carbons (Fsp3) is 0.368. The van der Waals surface area contributed by atoms with E-state index in [0.29, 0.717) is 11.8 Å². The first-order chi connectivity index (χ1) is 10.2. The lowest BCUT2D eigenvalue weighted by Crippen LogP contribution is -2.29. The van der Waals surface area contributed by atoms with Crippen LogP contribution in [-0.2, 0) is 6.42 Å². The molecule has 2 aliphatic rings. The van der Waals surface area contributed by atoms with Gasteiger partial charge in [-0.15, -0.1) is 0 Å². The summed E-state index contributed by atoms with van der Waals surface area (Å²) in [6, 6.07) is 17.4. The molecule has 0 aromatic heterocycles. The summed E-state index contributed by atoms with van der Waals surface area (Å²) in [7, 11) is 2.25. The van der Waals surface area contributed by atoms with Gasteiger partial charge in [0.1, 0.15) is 0 Å². The number of fused-ring (bicyclic) bond motifs is 2. The largest absolute Gasteiger partial charge is 0.306 e. The van der Waals surface area contributed by atoms with E-state index in [-0.39, 0.29) is 0 Å². The minimum atomic E-state index is 0.489. The van der Waals surface area contributed by atoms with Crippen LogP contribution < -0.4 is 0 Å². The Hall–Kier alpha value is -1.31.